The molecule has 9 heteroatoms. The Morgan fingerprint density at radius 3 is 2.64 bits per heavy atom. The van der Waals surface area contributed by atoms with Crippen molar-refractivity contribution < 1.29 is 5.11 Å². The van der Waals surface area contributed by atoms with E-state index in [0.717, 1.165) is 67.1 Å². The molecule has 1 N–H and O–H groups in total. The predicted octanol–water partition coefficient (Wildman–Crippen LogP) is 5.50. The summed E-state index contributed by atoms with van der Waals surface area (Å²) < 4.78 is 1.92. The molecule has 2 saturated heterocycles. The summed E-state index contributed by atoms with van der Waals surface area (Å²) >= 11 is 12.6. The number of rotatable bonds is 5. The third kappa shape index (κ3) is 4.71. The average molecular weight is 532 g/mol. The van der Waals surface area contributed by atoms with Gasteiger partial charge in [-0.25, -0.2) is 14.6 Å². The van der Waals surface area contributed by atoms with Crippen LogP contribution in [-0.2, 0) is 0 Å². The van der Waals surface area contributed by atoms with Crippen LogP contribution in [0.15, 0.2) is 24.4 Å². The van der Waals surface area contributed by atoms with Gasteiger partial charge < -0.3 is 10.0 Å². The van der Waals surface area contributed by atoms with Crippen LogP contribution in [0.2, 0.25) is 10.0 Å². The highest BCUT2D eigenvalue weighted by Crippen LogP contribution is 2.35. The molecule has 194 valence electrons. The highest BCUT2D eigenvalue weighted by Gasteiger charge is 2.42. The van der Waals surface area contributed by atoms with Crippen LogP contribution in [0.5, 0.6) is 0 Å². The standard InChI is InChI=1S/C27H36Cl2N6O/c1-16-15-33(12-10-22(16)34-11-6-7-23(34)27(4,5)36)24-14-30-25-17(2)32-35(26(25)31-24)18(3)20-9-8-19(28)13-21(20)29/h8-9,13-14,16,18,22-23,36H,6-7,10-12,15H2,1-5H3/t16-,18?,22+,23+/m1/s1. The molecule has 1 aromatic carbocycles. The molecule has 0 aliphatic carbocycles. The van der Waals surface area contributed by atoms with Gasteiger partial charge in [0, 0.05) is 35.2 Å². The second-order valence-corrected chi connectivity index (χ2v) is 11.9. The molecule has 2 aliphatic heterocycles. The molecule has 0 spiro atoms. The Labute approximate surface area is 223 Å². The highest BCUT2D eigenvalue weighted by molar-refractivity contribution is 6.35. The molecule has 7 nitrogen and oxygen atoms in total. The quantitative estimate of drug-likeness (QED) is 0.469. The summed E-state index contributed by atoms with van der Waals surface area (Å²) in [5.41, 5.74) is 2.69. The fourth-order valence-electron chi connectivity index (χ4n) is 6.21. The first kappa shape index (κ1) is 25.7. The van der Waals surface area contributed by atoms with Gasteiger partial charge in [0.25, 0.3) is 0 Å². The van der Waals surface area contributed by atoms with Crippen LogP contribution in [0.3, 0.4) is 0 Å². The van der Waals surface area contributed by atoms with Gasteiger partial charge in [-0.3, -0.25) is 4.90 Å². The molecule has 0 radical (unpaired) electrons. The van der Waals surface area contributed by atoms with E-state index in [1.165, 1.54) is 0 Å². The largest absolute Gasteiger partial charge is 0.389 e. The second kappa shape index (κ2) is 9.75. The van der Waals surface area contributed by atoms with Crippen LogP contribution in [0.1, 0.15) is 64.3 Å². The third-order valence-corrected chi connectivity index (χ3v) is 8.62. The summed E-state index contributed by atoms with van der Waals surface area (Å²) in [6, 6.07) is 6.14. The van der Waals surface area contributed by atoms with E-state index in [1.807, 2.05) is 43.8 Å². The van der Waals surface area contributed by atoms with E-state index in [0.29, 0.717) is 22.0 Å². The Morgan fingerprint density at radius 1 is 1.17 bits per heavy atom. The molecule has 1 unspecified atom stereocenters. The summed E-state index contributed by atoms with van der Waals surface area (Å²) in [5.74, 6) is 1.33. The normalized spacial score (nSPS) is 24.6. The fourth-order valence-corrected chi connectivity index (χ4v) is 6.78. The summed E-state index contributed by atoms with van der Waals surface area (Å²) in [5, 5.41) is 16.7. The predicted molar refractivity (Wildman–Crippen MR) is 146 cm³/mol. The number of aryl methyl sites for hydroxylation is 1. The zero-order valence-corrected chi connectivity index (χ0v) is 23.3. The molecule has 3 aromatic rings. The molecule has 0 amide bonds. The molecule has 5 rings (SSSR count). The van der Waals surface area contributed by atoms with Crippen molar-refractivity contribution in [2.75, 3.05) is 24.5 Å². The lowest BCUT2D eigenvalue weighted by Gasteiger charge is -2.46. The van der Waals surface area contributed by atoms with Gasteiger partial charge in [-0.05, 0) is 77.1 Å². The molecule has 4 heterocycles. The van der Waals surface area contributed by atoms with Gasteiger partial charge in [0.15, 0.2) is 5.65 Å². The number of hydrogen-bond acceptors (Lipinski definition) is 6. The Kier molecular flexibility index (Phi) is 6.96. The number of nitrogens with zero attached hydrogens (tertiary/aromatic N) is 6. The fraction of sp³-hybridized carbons (Fsp3) is 0.593. The van der Waals surface area contributed by atoms with E-state index in [2.05, 4.69) is 23.6 Å². The summed E-state index contributed by atoms with van der Waals surface area (Å²) in [6.45, 7) is 13.1. The third-order valence-electron chi connectivity index (χ3n) is 8.06. The van der Waals surface area contributed by atoms with Gasteiger partial charge in [0.1, 0.15) is 11.3 Å². The Balaban J connectivity index is 1.40. The minimum atomic E-state index is -0.677. The lowest BCUT2D eigenvalue weighted by atomic mass is 9.89. The Morgan fingerprint density at radius 2 is 1.94 bits per heavy atom. The smallest absolute Gasteiger partial charge is 0.179 e. The lowest BCUT2D eigenvalue weighted by molar-refractivity contribution is -0.0284. The van der Waals surface area contributed by atoms with Gasteiger partial charge in [-0.2, -0.15) is 5.10 Å². The summed E-state index contributed by atoms with van der Waals surface area (Å²) in [4.78, 5) is 14.7. The molecule has 2 aliphatic rings. The monoisotopic (exact) mass is 530 g/mol. The maximum absolute atomic E-state index is 10.7. The number of fused-ring (bicyclic) bond motifs is 1. The molecule has 2 fully saturated rings. The molecule has 4 atom stereocenters. The van der Waals surface area contributed by atoms with Gasteiger partial charge >= 0.3 is 0 Å². The van der Waals surface area contributed by atoms with Gasteiger partial charge in [0.2, 0.25) is 0 Å². The molecule has 36 heavy (non-hydrogen) atoms. The average Bonchev–Trinajstić information content (AvgIpc) is 3.43. The number of aliphatic hydroxyl groups is 1. The van der Waals surface area contributed by atoms with Crippen molar-refractivity contribution in [1.82, 2.24) is 24.6 Å². The minimum Gasteiger partial charge on any atom is -0.389 e. The van der Waals surface area contributed by atoms with E-state index >= 15 is 0 Å². The zero-order chi connectivity index (χ0) is 25.8. The zero-order valence-electron chi connectivity index (χ0n) is 21.7. The van der Waals surface area contributed by atoms with Gasteiger partial charge in [0.05, 0.1) is 23.5 Å². The molecule has 2 aromatic heterocycles. The number of aromatic nitrogens is 4. The van der Waals surface area contributed by atoms with Crippen LogP contribution in [-0.4, -0.2) is 67.1 Å². The van der Waals surface area contributed by atoms with E-state index < -0.39 is 5.60 Å². The lowest BCUT2D eigenvalue weighted by Crippen LogP contribution is -2.56. The van der Waals surface area contributed by atoms with Crippen LogP contribution < -0.4 is 4.90 Å². The number of halogens is 2. The van der Waals surface area contributed by atoms with Crippen LogP contribution in [0.25, 0.3) is 11.2 Å². The maximum Gasteiger partial charge on any atom is 0.179 e. The first-order valence-corrected chi connectivity index (χ1v) is 13.7. The Bertz CT molecular complexity index is 1260. The highest BCUT2D eigenvalue weighted by atomic mass is 35.5. The van der Waals surface area contributed by atoms with Crippen LogP contribution in [0, 0.1) is 12.8 Å². The van der Waals surface area contributed by atoms with Crippen LogP contribution >= 0.6 is 23.2 Å². The van der Waals surface area contributed by atoms with Crippen molar-refractivity contribution in [2.24, 2.45) is 5.92 Å². The SMILES string of the molecule is Cc1nn(C(C)c2ccc(Cl)cc2Cl)c2nc(N3CC[C@H](N4CCC[C@H]4C(C)(C)O)[C@H](C)C3)cnc12. The number of benzene rings is 1. The molecular formula is C27H36Cl2N6O. The van der Waals surface area contributed by atoms with Crippen LogP contribution in [0.4, 0.5) is 5.82 Å². The minimum absolute atomic E-state index is 0.117. The van der Waals surface area contributed by atoms with Gasteiger partial charge in [-0.1, -0.05) is 36.2 Å². The maximum atomic E-state index is 10.7. The number of piperidine rings is 1. The van der Waals surface area contributed by atoms with Crippen molar-refractivity contribution in [1.29, 1.82) is 0 Å². The van der Waals surface area contributed by atoms with Crippen molar-refractivity contribution in [2.45, 2.75) is 77.6 Å². The van der Waals surface area contributed by atoms with E-state index in [9.17, 15) is 5.11 Å². The van der Waals surface area contributed by atoms with Crippen molar-refractivity contribution in [3.8, 4) is 0 Å². The molecule has 0 saturated carbocycles. The molecular weight excluding hydrogens is 495 g/mol. The second-order valence-electron chi connectivity index (χ2n) is 11.1. The number of likely N-dealkylation sites (tertiary alicyclic amines) is 1. The van der Waals surface area contributed by atoms with E-state index in [1.54, 1.807) is 6.07 Å². The first-order valence-electron chi connectivity index (χ1n) is 12.9. The summed E-state index contributed by atoms with van der Waals surface area (Å²) in [6.07, 6.45) is 5.15. The first-order chi connectivity index (χ1) is 17.0. The number of hydrogen-bond donors (Lipinski definition) is 1. The van der Waals surface area contributed by atoms with E-state index in [-0.39, 0.29) is 12.1 Å². The summed E-state index contributed by atoms with van der Waals surface area (Å²) in [7, 11) is 0. The van der Waals surface area contributed by atoms with Crippen molar-refractivity contribution in [3.05, 3.63) is 45.7 Å². The van der Waals surface area contributed by atoms with E-state index in [4.69, 9.17) is 38.3 Å². The topological polar surface area (TPSA) is 70.3 Å². The van der Waals surface area contributed by atoms with Gasteiger partial charge in [-0.15, -0.1) is 0 Å². The Hall–Kier alpha value is -1.93. The van der Waals surface area contributed by atoms with Crippen molar-refractivity contribution in [3.63, 3.8) is 0 Å². The van der Waals surface area contributed by atoms with Crippen molar-refractivity contribution >= 4 is 40.2 Å². The number of anilines is 1. The molecule has 0 bridgehead atoms.